The smallest absolute Gasteiger partial charge is 0.410 e. The molecule has 21 heavy (non-hydrogen) atoms. The minimum Gasteiger partial charge on any atom is -0.444 e. The third kappa shape index (κ3) is 7.14. The average molecular weight is 300 g/mol. The van der Waals surface area contributed by atoms with Gasteiger partial charge in [-0.3, -0.25) is 4.84 Å². The van der Waals surface area contributed by atoms with Crippen LogP contribution in [0.2, 0.25) is 0 Å². The Bertz CT molecular complexity index is 344. The van der Waals surface area contributed by atoms with Crippen LogP contribution in [0.15, 0.2) is 0 Å². The van der Waals surface area contributed by atoms with Gasteiger partial charge in [-0.25, -0.2) is 4.79 Å². The van der Waals surface area contributed by atoms with Crippen LogP contribution in [-0.2, 0) is 9.57 Å². The zero-order chi connectivity index (χ0) is 16.3. The molecule has 1 heterocycles. The molecule has 2 atom stereocenters. The van der Waals surface area contributed by atoms with E-state index in [1.807, 2.05) is 46.4 Å². The van der Waals surface area contributed by atoms with Gasteiger partial charge in [-0.15, -0.1) is 0 Å². The first kappa shape index (κ1) is 18.2. The van der Waals surface area contributed by atoms with Gasteiger partial charge in [0.1, 0.15) is 5.60 Å². The highest BCUT2D eigenvalue weighted by Crippen LogP contribution is 2.22. The molecule has 5 heteroatoms. The van der Waals surface area contributed by atoms with E-state index in [4.69, 9.17) is 9.57 Å². The molecular weight excluding hydrogens is 268 g/mol. The second-order valence-electron chi connectivity index (χ2n) is 7.95. The molecule has 0 spiro atoms. The van der Waals surface area contributed by atoms with Crippen LogP contribution in [0, 0.1) is 5.92 Å². The van der Waals surface area contributed by atoms with Crippen molar-refractivity contribution < 1.29 is 14.4 Å². The maximum atomic E-state index is 12.2. The number of carbonyl (C=O) groups is 1. The summed E-state index contributed by atoms with van der Waals surface area (Å²) in [6, 6.07) is 0.203. The summed E-state index contributed by atoms with van der Waals surface area (Å²) < 4.78 is 5.45. The molecule has 0 aromatic heterocycles. The maximum absolute atomic E-state index is 12.2. The van der Waals surface area contributed by atoms with Gasteiger partial charge in [0.2, 0.25) is 0 Å². The van der Waals surface area contributed by atoms with E-state index in [1.165, 1.54) is 0 Å². The third-order valence-electron chi connectivity index (χ3n) is 3.37. The summed E-state index contributed by atoms with van der Waals surface area (Å²) in [5, 5.41) is 0. The molecule has 1 N–H and O–H groups in total. The van der Waals surface area contributed by atoms with Crippen LogP contribution in [0.3, 0.4) is 0 Å². The number of rotatable bonds is 3. The Morgan fingerprint density at radius 1 is 1.19 bits per heavy atom. The molecule has 0 aromatic carbocycles. The van der Waals surface area contributed by atoms with Crippen LogP contribution in [0.1, 0.15) is 61.3 Å². The van der Waals surface area contributed by atoms with Gasteiger partial charge in [0.25, 0.3) is 0 Å². The number of amides is 1. The Hall–Kier alpha value is -0.810. The van der Waals surface area contributed by atoms with Gasteiger partial charge in [-0.05, 0) is 67.2 Å². The largest absolute Gasteiger partial charge is 0.444 e. The number of ether oxygens (including phenoxy) is 1. The number of hydroxylamine groups is 1. The Balaban J connectivity index is 2.50. The molecule has 1 amide bonds. The maximum Gasteiger partial charge on any atom is 0.410 e. The Labute approximate surface area is 129 Å². The molecule has 5 nitrogen and oxygen atoms in total. The van der Waals surface area contributed by atoms with E-state index in [1.54, 1.807) is 0 Å². The van der Waals surface area contributed by atoms with Crippen LogP contribution in [0.4, 0.5) is 4.79 Å². The van der Waals surface area contributed by atoms with Gasteiger partial charge < -0.3 is 9.64 Å². The molecule has 0 radical (unpaired) electrons. The van der Waals surface area contributed by atoms with E-state index >= 15 is 0 Å². The number of nitrogens with one attached hydrogen (secondary N) is 1. The van der Waals surface area contributed by atoms with Crippen molar-refractivity contribution in [1.82, 2.24) is 10.4 Å². The molecule has 1 aliphatic heterocycles. The van der Waals surface area contributed by atoms with Crippen molar-refractivity contribution in [3.8, 4) is 0 Å². The lowest BCUT2D eigenvalue weighted by atomic mass is 9.92. The molecular formula is C16H32N2O3. The lowest BCUT2D eigenvalue weighted by molar-refractivity contribution is -0.0971. The molecule has 2 unspecified atom stereocenters. The van der Waals surface area contributed by atoms with E-state index < -0.39 is 5.60 Å². The van der Waals surface area contributed by atoms with Crippen LogP contribution in [0.25, 0.3) is 0 Å². The SMILES string of the molecule is CC(NOC(C)(C)C)C1CCCN(C(=O)OC(C)(C)C)C1. The summed E-state index contributed by atoms with van der Waals surface area (Å²) in [7, 11) is 0. The summed E-state index contributed by atoms with van der Waals surface area (Å²) in [6.45, 7) is 15.3. The standard InChI is InChI=1S/C16H32N2O3/c1-12(17-21-16(5,6)7)13-9-8-10-18(11-13)14(19)20-15(2,3)4/h12-13,17H,8-11H2,1-7H3. The lowest BCUT2D eigenvalue weighted by Gasteiger charge is -2.37. The minimum atomic E-state index is -0.441. The normalized spacial score (nSPS) is 22.0. The van der Waals surface area contributed by atoms with Gasteiger partial charge in [-0.1, -0.05) is 0 Å². The van der Waals surface area contributed by atoms with E-state index in [-0.39, 0.29) is 17.7 Å². The highest BCUT2D eigenvalue weighted by atomic mass is 16.7. The number of piperidine rings is 1. The Morgan fingerprint density at radius 3 is 2.33 bits per heavy atom. The van der Waals surface area contributed by atoms with E-state index in [2.05, 4.69) is 12.4 Å². The molecule has 0 aromatic rings. The van der Waals surface area contributed by atoms with Crippen molar-refractivity contribution in [3.63, 3.8) is 0 Å². The molecule has 1 rings (SSSR count). The van der Waals surface area contributed by atoms with Crippen LogP contribution in [0.5, 0.6) is 0 Å². The fourth-order valence-electron chi connectivity index (χ4n) is 2.28. The minimum absolute atomic E-state index is 0.203. The van der Waals surface area contributed by atoms with Crippen LogP contribution < -0.4 is 5.48 Å². The van der Waals surface area contributed by atoms with E-state index in [0.717, 1.165) is 25.9 Å². The van der Waals surface area contributed by atoms with Crippen molar-refractivity contribution in [2.24, 2.45) is 5.92 Å². The second-order valence-corrected chi connectivity index (χ2v) is 7.95. The van der Waals surface area contributed by atoms with Crippen LogP contribution >= 0.6 is 0 Å². The molecule has 0 aliphatic carbocycles. The van der Waals surface area contributed by atoms with Crippen LogP contribution in [-0.4, -0.2) is 41.3 Å². The second kappa shape index (κ2) is 6.97. The predicted octanol–water partition coefficient (Wildman–Crippen LogP) is 3.34. The number of nitrogens with zero attached hydrogens (tertiary/aromatic N) is 1. The summed E-state index contributed by atoms with van der Waals surface area (Å²) in [4.78, 5) is 19.6. The number of hydrogen-bond donors (Lipinski definition) is 1. The number of likely N-dealkylation sites (tertiary alicyclic amines) is 1. The highest BCUT2D eigenvalue weighted by molar-refractivity contribution is 5.68. The van der Waals surface area contributed by atoms with Crippen molar-refractivity contribution in [3.05, 3.63) is 0 Å². The number of hydrogen-bond acceptors (Lipinski definition) is 4. The monoisotopic (exact) mass is 300 g/mol. The first-order chi connectivity index (χ1) is 9.48. The Kier molecular flexibility index (Phi) is 6.05. The topological polar surface area (TPSA) is 50.8 Å². The molecule has 1 saturated heterocycles. The fraction of sp³-hybridized carbons (Fsp3) is 0.938. The first-order valence-corrected chi connectivity index (χ1v) is 7.89. The first-order valence-electron chi connectivity index (χ1n) is 7.89. The predicted molar refractivity (Wildman–Crippen MR) is 84.0 cm³/mol. The van der Waals surface area contributed by atoms with E-state index in [9.17, 15) is 4.79 Å². The molecule has 1 fully saturated rings. The van der Waals surface area contributed by atoms with Gasteiger partial charge in [0.15, 0.2) is 0 Å². The van der Waals surface area contributed by atoms with E-state index in [0.29, 0.717) is 5.92 Å². The third-order valence-corrected chi connectivity index (χ3v) is 3.37. The summed E-state index contributed by atoms with van der Waals surface area (Å²) in [6.07, 6.45) is 1.89. The fourth-order valence-corrected chi connectivity index (χ4v) is 2.28. The quantitative estimate of drug-likeness (QED) is 0.812. The summed E-state index contributed by atoms with van der Waals surface area (Å²) in [5.41, 5.74) is 2.47. The average Bonchev–Trinajstić information content (AvgIpc) is 2.33. The van der Waals surface area contributed by atoms with Gasteiger partial charge in [-0.2, -0.15) is 5.48 Å². The zero-order valence-electron chi connectivity index (χ0n) is 14.7. The molecule has 0 saturated carbocycles. The molecule has 0 bridgehead atoms. The summed E-state index contributed by atoms with van der Waals surface area (Å²) >= 11 is 0. The van der Waals surface area contributed by atoms with Crippen molar-refractivity contribution in [1.29, 1.82) is 0 Å². The molecule has 1 aliphatic rings. The summed E-state index contributed by atoms with van der Waals surface area (Å²) in [5.74, 6) is 0.383. The van der Waals surface area contributed by atoms with Gasteiger partial charge in [0, 0.05) is 19.1 Å². The highest BCUT2D eigenvalue weighted by Gasteiger charge is 2.30. The molecule has 124 valence electrons. The van der Waals surface area contributed by atoms with Crippen molar-refractivity contribution in [2.75, 3.05) is 13.1 Å². The number of carbonyl (C=O) groups excluding carboxylic acids is 1. The van der Waals surface area contributed by atoms with Gasteiger partial charge >= 0.3 is 6.09 Å². The Morgan fingerprint density at radius 2 is 1.81 bits per heavy atom. The van der Waals surface area contributed by atoms with Gasteiger partial charge in [0.05, 0.1) is 5.60 Å². The van der Waals surface area contributed by atoms with Crippen molar-refractivity contribution in [2.45, 2.75) is 78.6 Å². The van der Waals surface area contributed by atoms with Crippen molar-refractivity contribution >= 4 is 6.09 Å². The lowest BCUT2D eigenvalue weighted by Crippen LogP contribution is -2.48. The zero-order valence-corrected chi connectivity index (χ0v) is 14.7.